The Kier molecular flexibility index (Phi) is 41.1. The third kappa shape index (κ3) is 32.6. The van der Waals surface area contributed by atoms with E-state index >= 15 is 28.8 Å². The molecular weight excluding hydrogens is 1640 g/mol. The van der Waals surface area contributed by atoms with Crippen LogP contribution in [0.3, 0.4) is 0 Å². The number of ether oxygens (including phenoxy) is 5. The van der Waals surface area contributed by atoms with Gasteiger partial charge >= 0.3 is 12.1 Å². The monoisotopic (exact) mass is 1770 g/mol. The largest absolute Gasteiger partial charge is 0.460 e. The molecule has 0 aliphatic carbocycles. The summed E-state index contributed by atoms with van der Waals surface area (Å²) in [5.41, 5.74) is -0.957. The van der Waals surface area contributed by atoms with E-state index in [1.165, 1.54) is 28.5 Å². The van der Waals surface area contributed by atoms with Gasteiger partial charge in [0.2, 0.25) is 53.2 Å². The number of Topliss-reactive ketones (excluding diaryl/α,β-unsaturated/α-hetero) is 1. The Bertz CT molecular complexity index is 4430. The van der Waals surface area contributed by atoms with Crippen LogP contribution in [-0.4, -0.2) is 182 Å². The first-order chi connectivity index (χ1) is 60.0. The second kappa shape index (κ2) is 50.8. The first kappa shape index (κ1) is 102. The van der Waals surface area contributed by atoms with Gasteiger partial charge in [-0.2, -0.15) is 0 Å². The lowest BCUT2D eigenvalue weighted by Crippen LogP contribution is -2.62. The number of esters is 1. The summed E-state index contributed by atoms with van der Waals surface area (Å²) in [5.74, 6) is -8.78. The van der Waals surface area contributed by atoms with E-state index in [0.717, 1.165) is 5.75 Å². The molecule has 7 aromatic rings. The quantitative estimate of drug-likeness (QED) is 0.00733. The molecule has 0 heterocycles. The zero-order chi connectivity index (χ0) is 92.0. The van der Waals surface area contributed by atoms with Crippen LogP contribution >= 0.6 is 21.6 Å². The molecule has 29 heteroatoms. The molecule has 9 atom stereocenters. The molecule has 0 aliphatic rings. The van der Waals surface area contributed by atoms with Crippen molar-refractivity contribution in [3.63, 3.8) is 0 Å². The van der Waals surface area contributed by atoms with Crippen molar-refractivity contribution < 1.29 is 81.2 Å². The van der Waals surface area contributed by atoms with Crippen molar-refractivity contribution in [2.45, 2.75) is 206 Å². The molecule has 1 unspecified atom stereocenters. The Hall–Kier alpha value is -11.2. The summed E-state index contributed by atoms with van der Waals surface area (Å²) < 4.78 is 30.0. The Morgan fingerprint density at radius 1 is 0.389 bits per heavy atom. The first-order valence-corrected chi connectivity index (χ1v) is 45.4. The topological polar surface area (TPSA) is 371 Å². The van der Waals surface area contributed by atoms with E-state index in [1.54, 1.807) is 122 Å². The third-order valence-electron chi connectivity index (χ3n) is 20.2. The average molecular weight is 1770 g/mol. The first-order valence-electron chi connectivity index (χ1n) is 42.9. The van der Waals surface area contributed by atoms with Gasteiger partial charge in [0.1, 0.15) is 71.2 Å². The van der Waals surface area contributed by atoms with Crippen LogP contribution in [0.5, 0.6) is 0 Å². The Morgan fingerprint density at radius 2 is 0.794 bits per heavy atom. The molecule has 0 aliphatic heterocycles. The minimum Gasteiger partial charge on any atom is -0.460 e. The number of carbonyl (C=O) groups is 12. The summed E-state index contributed by atoms with van der Waals surface area (Å²) in [7, 11) is 2.96. The highest BCUT2D eigenvalue weighted by Gasteiger charge is 2.44. The molecule has 10 amide bonds. The summed E-state index contributed by atoms with van der Waals surface area (Å²) in [6, 6.07) is 51.6. The predicted molar refractivity (Wildman–Crippen MR) is 489 cm³/mol. The number of alkyl carbamates (subject to hydrolysis) is 1. The standard InChI is InChI=1S/C97H126N10O17S2/c1-15-66(7)85(106-83(110)62-121-55-54-120-53-52-98-86(112)81(63-126-125-16-2)105-93(119)124-95(12,13)14)92(118)103-78(59-82(109)107-96(69-40-26-18-27-41-69,70-42-28-19-29-43-70)71-44-30-20-31-45-71)89(115)104-80(61-122-97(72-46-32-21-33-47-72,73-48-34-22-35-49-73)74-50-36-23-37-51-74)91(117)102-79(60-84(111)123-94(9,10)11)90(116)101-77(58-68-38-24-17-25-39-68)88(114)100-76(57-65(5)6)87(113)99-75(67(8)108)56-64(3)4/h17-51,64-66,75-81,85H,15-16,52-63H2,1-14H3,(H,98,112)(H,99,113)(H,100,114)(H,101,116)(H,102,117)(H,103,118)(H,104,115)(H,105,119)(H,106,110)(H,107,109)/t66?,75-,76-,77-,78-,79-,80-,81-,85-/m0/s1. The number of amides is 10. The number of nitrogens with one attached hydrogen (secondary N) is 10. The number of hydrogen-bond donors (Lipinski definition) is 10. The molecule has 0 aromatic heterocycles. The molecule has 0 radical (unpaired) electrons. The van der Waals surface area contributed by atoms with E-state index < -0.39 is 168 Å². The van der Waals surface area contributed by atoms with Gasteiger partial charge in [0.15, 0.2) is 5.78 Å². The lowest BCUT2D eigenvalue weighted by Gasteiger charge is -2.38. The van der Waals surface area contributed by atoms with Gasteiger partial charge < -0.3 is 76.9 Å². The maximum absolute atomic E-state index is 16.3. The minimum absolute atomic E-state index is 0.0163. The van der Waals surface area contributed by atoms with E-state index in [0.29, 0.717) is 51.8 Å². The summed E-state index contributed by atoms with van der Waals surface area (Å²) >= 11 is 0. The lowest BCUT2D eigenvalue weighted by atomic mass is 9.77. The molecule has 7 aromatic carbocycles. The highest BCUT2D eigenvalue weighted by atomic mass is 33.1. The smallest absolute Gasteiger partial charge is 0.408 e. The van der Waals surface area contributed by atoms with E-state index in [9.17, 15) is 28.8 Å². The predicted octanol–water partition coefficient (Wildman–Crippen LogP) is 11.0. The van der Waals surface area contributed by atoms with Crippen molar-refractivity contribution in [2.75, 3.05) is 51.1 Å². The van der Waals surface area contributed by atoms with Crippen LogP contribution in [0.15, 0.2) is 212 Å². The van der Waals surface area contributed by atoms with E-state index in [2.05, 4.69) is 53.2 Å². The molecule has 0 spiro atoms. The van der Waals surface area contributed by atoms with Gasteiger partial charge in [-0.25, -0.2) is 4.79 Å². The van der Waals surface area contributed by atoms with Gasteiger partial charge in [0.25, 0.3) is 0 Å². The number of hydrogen-bond acceptors (Lipinski definition) is 19. The summed E-state index contributed by atoms with van der Waals surface area (Å²) in [4.78, 5) is 176. The summed E-state index contributed by atoms with van der Waals surface area (Å²) in [5, 5.41) is 28.2. The Balaban J connectivity index is 1.30. The van der Waals surface area contributed by atoms with Crippen LogP contribution in [0.4, 0.5) is 4.79 Å². The molecule has 0 saturated carbocycles. The van der Waals surface area contributed by atoms with Crippen molar-refractivity contribution in [1.82, 2.24) is 53.2 Å². The van der Waals surface area contributed by atoms with Crippen molar-refractivity contribution in [3.05, 3.63) is 251 Å². The van der Waals surface area contributed by atoms with Gasteiger partial charge in [-0.1, -0.05) is 289 Å². The van der Waals surface area contributed by atoms with Crippen LogP contribution < -0.4 is 53.2 Å². The molecule has 678 valence electrons. The second-order valence-electron chi connectivity index (χ2n) is 33.7. The normalized spacial score (nSPS) is 13.8. The van der Waals surface area contributed by atoms with E-state index in [1.807, 2.05) is 180 Å². The molecule has 0 saturated heterocycles. The van der Waals surface area contributed by atoms with Crippen molar-refractivity contribution in [2.24, 2.45) is 17.8 Å². The van der Waals surface area contributed by atoms with E-state index in [4.69, 9.17) is 23.7 Å². The number of benzene rings is 7. The fourth-order valence-electron chi connectivity index (χ4n) is 14.0. The van der Waals surface area contributed by atoms with Gasteiger partial charge in [0.05, 0.1) is 45.3 Å². The van der Waals surface area contributed by atoms with Crippen molar-refractivity contribution in [3.8, 4) is 0 Å². The molecule has 10 N–H and O–H groups in total. The zero-order valence-electron chi connectivity index (χ0n) is 74.7. The van der Waals surface area contributed by atoms with Crippen LogP contribution in [-0.2, 0) is 94.0 Å². The molecular formula is C97H126N10O17S2. The summed E-state index contributed by atoms with van der Waals surface area (Å²) in [6.07, 6.45) is -1.90. The highest BCUT2D eigenvalue weighted by Crippen LogP contribution is 2.41. The van der Waals surface area contributed by atoms with Gasteiger partial charge in [-0.05, 0) is 118 Å². The molecule has 0 bridgehead atoms. The van der Waals surface area contributed by atoms with Crippen LogP contribution in [0.1, 0.15) is 168 Å². The second-order valence-corrected chi connectivity index (χ2v) is 36.5. The molecule has 126 heavy (non-hydrogen) atoms. The average Bonchev–Trinajstić information content (AvgIpc) is 0.751. The van der Waals surface area contributed by atoms with Crippen LogP contribution in [0.2, 0.25) is 0 Å². The summed E-state index contributed by atoms with van der Waals surface area (Å²) in [6.45, 7) is 23.0. The fourth-order valence-corrected chi connectivity index (χ4v) is 15.9. The van der Waals surface area contributed by atoms with Crippen molar-refractivity contribution in [1.29, 1.82) is 0 Å². The van der Waals surface area contributed by atoms with Gasteiger partial charge in [-0.15, -0.1) is 0 Å². The van der Waals surface area contributed by atoms with Crippen molar-refractivity contribution >= 4 is 92.6 Å². The fraction of sp³-hybridized carbons (Fsp3) is 0.443. The molecule has 7 rings (SSSR count). The van der Waals surface area contributed by atoms with E-state index in [-0.39, 0.29) is 62.6 Å². The number of ketones is 1. The highest BCUT2D eigenvalue weighted by molar-refractivity contribution is 8.76. The Labute approximate surface area is 748 Å². The van der Waals surface area contributed by atoms with Crippen LogP contribution in [0.25, 0.3) is 0 Å². The maximum Gasteiger partial charge on any atom is 0.408 e. The van der Waals surface area contributed by atoms with Gasteiger partial charge in [0, 0.05) is 24.5 Å². The third-order valence-corrected chi connectivity index (χ3v) is 22.7. The van der Waals surface area contributed by atoms with Gasteiger partial charge in [-0.3, -0.25) is 52.7 Å². The molecule has 27 nitrogen and oxygen atoms in total. The minimum atomic E-state index is -1.96. The Morgan fingerprint density at radius 3 is 1.26 bits per heavy atom. The lowest BCUT2D eigenvalue weighted by molar-refractivity contribution is -0.157. The molecule has 0 fully saturated rings. The number of carbonyl (C=O) groups excluding carboxylic acids is 12. The maximum atomic E-state index is 16.3. The zero-order valence-corrected chi connectivity index (χ0v) is 76.3. The SMILES string of the molecule is CCSSC[C@H](NC(=O)OC(C)(C)C)C(=O)NCCOCCOCC(=O)N[C@H](C(=O)N[C@@H](CC(=O)NC(c1ccccc1)(c1ccccc1)c1ccccc1)C(=O)N[C@@H](COC(c1ccccc1)(c1ccccc1)c1ccccc1)C(=O)N[C@@H](CC(=O)OC(C)(C)C)C(=O)N[C@@H](Cc1ccccc1)C(=O)N[C@@H](CC(C)C)C(=O)N[C@@H](CC(C)C)C(C)=O)C(C)CC. The van der Waals surface area contributed by atoms with Crippen LogP contribution in [0, 0.1) is 17.8 Å². The number of rotatable bonds is 50.